The standard InChI is InChI=1S/C21H19N3/c1-4-10-17(11-5-1)20-16-21(22-18-12-6-2-7-13-18)23-24(20)19-14-8-3-9-15-19/h1-15,20H,16H2,(H,22,23). The number of hydrogen-bond donors (Lipinski definition) is 1. The molecule has 3 aromatic carbocycles. The quantitative estimate of drug-likeness (QED) is 0.731. The average molecular weight is 313 g/mol. The topological polar surface area (TPSA) is 27.6 Å². The van der Waals surface area contributed by atoms with Crippen LogP contribution in [0, 0.1) is 0 Å². The van der Waals surface area contributed by atoms with Crippen LogP contribution in [0.2, 0.25) is 0 Å². The molecule has 3 nitrogen and oxygen atoms in total. The van der Waals surface area contributed by atoms with Gasteiger partial charge in [-0.3, -0.25) is 5.01 Å². The van der Waals surface area contributed by atoms with Gasteiger partial charge in [0.25, 0.3) is 0 Å². The lowest BCUT2D eigenvalue weighted by molar-refractivity contribution is 0.709. The van der Waals surface area contributed by atoms with Crippen molar-refractivity contribution in [2.45, 2.75) is 12.5 Å². The van der Waals surface area contributed by atoms with Crippen LogP contribution in [0.4, 0.5) is 11.4 Å². The van der Waals surface area contributed by atoms with Crippen LogP contribution in [0.15, 0.2) is 96.1 Å². The highest BCUT2D eigenvalue weighted by molar-refractivity contribution is 5.98. The van der Waals surface area contributed by atoms with Gasteiger partial charge in [0.1, 0.15) is 5.84 Å². The highest BCUT2D eigenvalue weighted by Crippen LogP contribution is 2.35. The Hall–Kier alpha value is -3.07. The number of nitrogens with zero attached hydrogens (tertiary/aromatic N) is 2. The fraction of sp³-hybridized carbons (Fsp3) is 0.0952. The molecular weight excluding hydrogens is 294 g/mol. The van der Waals surface area contributed by atoms with Crippen LogP contribution in [0.25, 0.3) is 0 Å². The number of anilines is 2. The van der Waals surface area contributed by atoms with E-state index in [1.165, 1.54) is 5.56 Å². The minimum atomic E-state index is 0.208. The van der Waals surface area contributed by atoms with Gasteiger partial charge in [0.2, 0.25) is 0 Å². The average Bonchev–Trinajstić information content (AvgIpc) is 3.08. The summed E-state index contributed by atoms with van der Waals surface area (Å²) in [4.78, 5) is 0. The molecule has 0 fully saturated rings. The van der Waals surface area contributed by atoms with E-state index in [9.17, 15) is 0 Å². The number of amidine groups is 1. The summed E-state index contributed by atoms with van der Waals surface area (Å²) < 4.78 is 0. The lowest BCUT2D eigenvalue weighted by atomic mass is 10.0. The minimum Gasteiger partial charge on any atom is -0.342 e. The molecule has 1 N–H and O–H groups in total. The number of para-hydroxylation sites is 2. The second-order valence-electron chi connectivity index (χ2n) is 5.85. The molecule has 0 saturated carbocycles. The highest BCUT2D eigenvalue weighted by Gasteiger charge is 2.29. The normalized spacial score (nSPS) is 16.8. The molecule has 0 bridgehead atoms. The maximum atomic E-state index is 4.85. The Balaban J connectivity index is 1.65. The molecule has 1 unspecified atom stereocenters. The number of hydrogen-bond acceptors (Lipinski definition) is 3. The van der Waals surface area contributed by atoms with E-state index in [0.29, 0.717) is 0 Å². The van der Waals surface area contributed by atoms with Gasteiger partial charge in [-0.25, -0.2) is 0 Å². The largest absolute Gasteiger partial charge is 0.342 e. The van der Waals surface area contributed by atoms with Crippen LogP contribution in [-0.4, -0.2) is 5.84 Å². The molecule has 24 heavy (non-hydrogen) atoms. The summed E-state index contributed by atoms with van der Waals surface area (Å²) in [5, 5.41) is 10.4. The summed E-state index contributed by atoms with van der Waals surface area (Å²) >= 11 is 0. The molecular formula is C21H19N3. The first-order chi connectivity index (χ1) is 11.9. The molecule has 3 heteroatoms. The van der Waals surface area contributed by atoms with Crippen LogP contribution in [0.3, 0.4) is 0 Å². The summed E-state index contributed by atoms with van der Waals surface area (Å²) in [6, 6.07) is 31.3. The van der Waals surface area contributed by atoms with E-state index < -0.39 is 0 Å². The van der Waals surface area contributed by atoms with Crippen molar-refractivity contribution in [1.29, 1.82) is 0 Å². The second-order valence-corrected chi connectivity index (χ2v) is 5.85. The summed E-state index contributed by atoms with van der Waals surface area (Å²) in [6.07, 6.45) is 0.855. The Bertz CT molecular complexity index is 813. The van der Waals surface area contributed by atoms with Crippen LogP contribution >= 0.6 is 0 Å². The maximum absolute atomic E-state index is 4.85. The molecule has 0 spiro atoms. The van der Waals surface area contributed by atoms with E-state index in [0.717, 1.165) is 23.6 Å². The van der Waals surface area contributed by atoms with Crippen molar-refractivity contribution in [1.82, 2.24) is 0 Å². The Morgan fingerprint density at radius 3 is 2.00 bits per heavy atom. The van der Waals surface area contributed by atoms with Crippen LogP contribution in [0.1, 0.15) is 18.0 Å². The fourth-order valence-electron chi connectivity index (χ4n) is 3.03. The zero-order valence-electron chi connectivity index (χ0n) is 13.3. The number of nitrogens with one attached hydrogen (secondary N) is 1. The van der Waals surface area contributed by atoms with Crippen molar-refractivity contribution in [3.8, 4) is 0 Å². The Morgan fingerprint density at radius 2 is 1.33 bits per heavy atom. The SMILES string of the molecule is c1ccc(NC2=NN(c3ccccc3)C(c3ccccc3)C2)cc1. The third-order valence-electron chi connectivity index (χ3n) is 4.18. The summed E-state index contributed by atoms with van der Waals surface area (Å²) in [7, 11) is 0. The van der Waals surface area contributed by atoms with Crippen molar-refractivity contribution in [2.24, 2.45) is 5.10 Å². The van der Waals surface area contributed by atoms with Gasteiger partial charge in [-0.1, -0.05) is 66.7 Å². The molecule has 1 atom stereocenters. The van der Waals surface area contributed by atoms with Gasteiger partial charge in [-0.15, -0.1) is 0 Å². The number of benzene rings is 3. The Kier molecular flexibility index (Phi) is 3.98. The molecule has 0 amide bonds. The van der Waals surface area contributed by atoms with Gasteiger partial charge >= 0.3 is 0 Å². The van der Waals surface area contributed by atoms with Gasteiger partial charge in [0.15, 0.2) is 0 Å². The van der Waals surface area contributed by atoms with Crippen molar-refractivity contribution >= 4 is 17.2 Å². The third-order valence-corrected chi connectivity index (χ3v) is 4.18. The molecule has 118 valence electrons. The van der Waals surface area contributed by atoms with Gasteiger partial charge in [-0.05, 0) is 29.8 Å². The molecule has 0 aliphatic carbocycles. The van der Waals surface area contributed by atoms with Gasteiger partial charge in [0, 0.05) is 12.1 Å². The van der Waals surface area contributed by atoms with E-state index >= 15 is 0 Å². The first kappa shape index (κ1) is 14.5. The van der Waals surface area contributed by atoms with Crippen molar-refractivity contribution < 1.29 is 0 Å². The van der Waals surface area contributed by atoms with Gasteiger partial charge < -0.3 is 5.32 Å². The van der Waals surface area contributed by atoms with Gasteiger partial charge in [-0.2, -0.15) is 5.10 Å². The maximum Gasteiger partial charge on any atom is 0.129 e. The van der Waals surface area contributed by atoms with E-state index in [1.54, 1.807) is 0 Å². The van der Waals surface area contributed by atoms with Crippen LogP contribution in [0.5, 0.6) is 0 Å². The van der Waals surface area contributed by atoms with E-state index in [4.69, 9.17) is 5.10 Å². The number of rotatable bonds is 3. The smallest absolute Gasteiger partial charge is 0.129 e. The highest BCUT2D eigenvalue weighted by atomic mass is 15.5. The monoisotopic (exact) mass is 313 g/mol. The molecule has 1 aliphatic heterocycles. The molecule has 1 heterocycles. The zero-order chi connectivity index (χ0) is 16.2. The fourth-order valence-corrected chi connectivity index (χ4v) is 3.03. The molecule has 0 aromatic heterocycles. The van der Waals surface area contributed by atoms with E-state index in [1.807, 2.05) is 24.3 Å². The van der Waals surface area contributed by atoms with E-state index in [2.05, 4.69) is 77.1 Å². The van der Waals surface area contributed by atoms with Crippen molar-refractivity contribution in [2.75, 3.05) is 10.3 Å². The summed E-state index contributed by atoms with van der Waals surface area (Å²) in [5.74, 6) is 0.985. The van der Waals surface area contributed by atoms with Crippen molar-refractivity contribution in [3.63, 3.8) is 0 Å². The van der Waals surface area contributed by atoms with Crippen molar-refractivity contribution in [3.05, 3.63) is 96.6 Å². The zero-order valence-corrected chi connectivity index (χ0v) is 13.3. The van der Waals surface area contributed by atoms with Gasteiger partial charge in [0.05, 0.1) is 11.7 Å². The lowest BCUT2D eigenvalue weighted by Crippen LogP contribution is -2.18. The number of hydrazone groups is 1. The first-order valence-electron chi connectivity index (χ1n) is 8.19. The minimum absolute atomic E-state index is 0.208. The third kappa shape index (κ3) is 3.01. The molecule has 4 rings (SSSR count). The molecule has 0 radical (unpaired) electrons. The predicted molar refractivity (Wildman–Crippen MR) is 100 cm³/mol. The lowest BCUT2D eigenvalue weighted by Gasteiger charge is -2.23. The molecule has 3 aromatic rings. The summed E-state index contributed by atoms with van der Waals surface area (Å²) in [6.45, 7) is 0. The Morgan fingerprint density at radius 1 is 0.750 bits per heavy atom. The molecule has 1 aliphatic rings. The molecule has 0 saturated heterocycles. The van der Waals surface area contributed by atoms with Crippen LogP contribution in [-0.2, 0) is 0 Å². The second kappa shape index (κ2) is 6.59. The first-order valence-corrected chi connectivity index (χ1v) is 8.19. The summed E-state index contributed by atoms with van der Waals surface area (Å²) in [5.41, 5.74) is 3.45. The van der Waals surface area contributed by atoms with Crippen LogP contribution < -0.4 is 10.3 Å². The predicted octanol–water partition coefficient (Wildman–Crippen LogP) is 5.06. The Labute approximate surface area is 142 Å². The van der Waals surface area contributed by atoms with E-state index in [-0.39, 0.29) is 6.04 Å².